The number of rotatable bonds is 8. The zero-order chi connectivity index (χ0) is 16.0. The van der Waals surface area contributed by atoms with Gasteiger partial charge in [-0.25, -0.2) is 13.1 Å². The van der Waals surface area contributed by atoms with Crippen molar-refractivity contribution in [1.29, 1.82) is 0 Å². The first-order valence-corrected chi connectivity index (χ1v) is 9.19. The van der Waals surface area contributed by atoms with Crippen LogP contribution in [0.5, 0.6) is 0 Å². The van der Waals surface area contributed by atoms with E-state index >= 15 is 0 Å². The fourth-order valence-electron chi connectivity index (χ4n) is 2.06. The number of hydrogen-bond donors (Lipinski definition) is 2. The van der Waals surface area contributed by atoms with Crippen LogP contribution >= 0.6 is 11.6 Å². The van der Waals surface area contributed by atoms with E-state index in [1.54, 1.807) is 12.1 Å². The molecule has 0 aliphatic rings. The Morgan fingerprint density at radius 2 is 1.90 bits per heavy atom. The fraction of sp³-hybridized carbons (Fsp3) is 0.600. The van der Waals surface area contributed by atoms with Gasteiger partial charge in [-0.05, 0) is 36.6 Å². The molecule has 120 valence electrons. The molecule has 4 nitrogen and oxygen atoms in total. The lowest BCUT2D eigenvalue weighted by Crippen LogP contribution is -2.37. The van der Waals surface area contributed by atoms with E-state index in [9.17, 15) is 8.42 Å². The highest BCUT2D eigenvalue weighted by Gasteiger charge is 2.21. The van der Waals surface area contributed by atoms with Crippen molar-refractivity contribution in [2.75, 3.05) is 6.54 Å². The summed E-state index contributed by atoms with van der Waals surface area (Å²) in [7, 11) is -3.53. The van der Waals surface area contributed by atoms with E-state index < -0.39 is 10.0 Å². The Hall–Kier alpha value is -0.620. The number of nitrogens with one attached hydrogen (secondary N) is 2. The lowest BCUT2D eigenvalue weighted by molar-refractivity contribution is 0.437. The monoisotopic (exact) mass is 332 g/mol. The molecule has 21 heavy (non-hydrogen) atoms. The lowest BCUT2D eigenvalue weighted by atomic mass is 10.0. The summed E-state index contributed by atoms with van der Waals surface area (Å²) >= 11 is 6.17. The maximum atomic E-state index is 12.4. The summed E-state index contributed by atoms with van der Waals surface area (Å²) in [5.41, 5.74) is 0.897. The van der Waals surface area contributed by atoms with Crippen LogP contribution in [0.4, 0.5) is 0 Å². The molecule has 0 aliphatic heterocycles. The van der Waals surface area contributed by atoms with Crippen LogP contribution in [0.2, 0.25) is 5.02 Å². The third-order valence-corrected chi connectivity index (χ3v) is 5.29. The minimum atomic E-state index is -3.53. The summed E-state index contributed by atoms with van der Waals surface area (Å²) in [6, 6.07) is 4.81. The van der Waals surface area contributed by atoms with Gasteiger partial charge in [0.15, 0.2) is 0 Å². The fourth-order valence-corrected chi connectivity index (χ4v) is 3.86. The van der Waals surface area contributed by atoms with Crippen molar-refractivity contribution in [1.82, 2.24) is 10.0 Å². The molecular formula is C15H25ClN2O2S. The Labute approximate surface area is 133 Å². The summed E-state index contributed by atoms with van der Waals surface area (Å²) in [6.07, 6.45) is 0.753. The maximum Gasteiger partial charge on any atom is 0.240 e. The molecule has 1 aromatic carbocycles. The molecule has 0 saturated heterocycles. The highest BCUT2D eigenvalue weighted by Crippen LogP contribution is 2.21. The van der Waals surface area contributed by atoms with Crippen molar-refractivity contribution in [2.24, 2.45) is 5.92 Å². The van der Waals surface area contributed by atoms with Crippen molar-refractivity contribution in [3.63, 3.8) is 0 Å². The summed E-state index contributed by atoms with van der Waals surface area (Å²) in [4.78, 5) is 0.215. The van der Waals surface area contributed by atoms with Crippen LogP contribution < -0.4 is 10.0 Å². The normalized spacial score (nSPS) is 13.6. The van der Waals surface area contributed by atoms with Crippen LogP contribution in [0, 0.1) is 5.92 Å². The first-order valence-electron chi connectivity index (χ1n) is 7.33. The molecule has 0 bridgehead atoms. The standard InChI is InChI=1S/C15H25ClN2O2S/c1-5-15(11(3)4)18-21(19,20)13-8-7-12(10-17-6-2)14(16)9-13/h7-9,11,15,17-18H,5-6,10H2,1-4H3. The van der Waals surface area contributed by atoms with Gasteiger partial charge in [-0.3, -0.25) is 0 Å². The van der Waals surface area contributed by atoms with Crippen LogP contribution in [0.25, 0.3) is 0 Å². The minimum absolute atomic E-state index is 0.0739. The van der Waals surface area contributed by atoms with Crippen LogP contribution in [0.1, 0.15) is 39.7 Å². The van der Waals surface area contributed by atoms with Crippen molar-refractivity contribution >= 4 is 21.6 Å². The zero-order valence-electron chi connectivity index (χ0n) is 13.1. The van der Waals surface area contributed by atoms with Gasteiger partial charge in [0.25, 0.3) is 0 Å². The second-order valence-electron chi connectivity index (χ2n) is 5.41. The molecule has 0 fully saturated rings. The first-order chi connectivity index (χ1) is 9.81. The molecule has 0 aliphatic carbocycles. The molecule has 1 unspecified atom stereocenters. The van der Waals surface area contributed by atoms with E-state index in [1.165, 1.54) is 6.07 Å². The second-order valence-corrected chi connectivity index (χ2v) is 7.53. The Balaban J connectivity index is 2.96. The van der Waals surface area contributed by atoms with Crippen molar-refractivity contribution in [3.05, 3.63) is 28.8 Å². The van der Waals surface area contributed by atoms with Crippen LogP contribution in [0.3, 0.4) is 0 Å². The molecule has 0 radical (unpaired) electrons. The van der Waals surface area contributed by atoms with Gasteiger partial charge in [0, 0.05) is 17.6 Å². The predicted molar refractivity (Wildman–Crippen MR) is 88.1 cm³/mol. The van der Waals surface area contributed by atoms with Gasteiger partial charge in [-0.1, -0.05) is 45.4 Å². The summed E-state index contributed by atoms with van der Waals surface area (Å²) < 4.78 is 27.5. The molecule has 6 heteroatoms. The van der Waals surface area contributed by atoms with Gasteiger partial charge in [0.05, 0.1) is 4.90 Å². The molecule has 1 atom stereocenters. The highest BCUT2D eigenvalue weighted by atomic mass is 35.5. The maximum absolute atomic E-state index is 12.4. The topological polar surface area (TPSA) is 58.2 Å². The van der Waals surface area contributed by atoms with Gasteiger partial charge in [0.1, 0.15) is 0 Å². The quantitative estimate of drug-likeness (QED) is 0.768. The van der Waals surface area contributed by atoms with Crippen LogP contribution in [-0.2, 0) is 16.6 Å². The van der Waals surface area contributed by atoms with Gasteiger partial charge >= 0.3 is 0 Å². The SMILES string of the molecule is CCNCc1ccc(S(=O)(=O)NC(CC)C(C)C)cc1Cl. The Morgan fingerprint density at radius 1 is 1.24 bits per heavy atom. The molecule has 1 aromatic rings. The molecule has 0 heterocycles. The third kappa shape index (κ3) is 5.25. The number of hydrogen-bond acceptors (Lipinski definition) is 3. The molecule has 0 aromatic heterocycles. The average Bonchev–Trinajstić information content (AvgIpc) is 2.43. The van der Waals surface area contributed by atoms with Crippen molar-refractivity contribution < 1.29 is 8.42 Å². The summed E-state index contributed by atoms with van der Waals surface area (Å²) in [5, 5.41) is 3.64. The molecule has 0 saturated carbocycles. The second kappa shape index (κ2) is 8.13. The highest BCUT2D eigenvalue weighted by molar-refractivity contribution is 7.89. The Bertz CT molecular complexity index is 559. The van der Waals surface area contributed by atoms with E-state index in [0.29, 0.717) is 11.6 Å². The van der Waals surface area contributed by atoms with E-state index in [1.807, 2.05) is 27.7 Å². The molecule has 1 rings (SSSR count). The van der Waals surface area contributed by atoms with E-state index in [-0.39, 0.29) is 16.9 Å². The van der Waals surface area contributed by atoms with E-state index in [4.69, 9.17) is 11.6 Å². The largest absolute Gasteiger partial charge is 0.313 e. The minimum Gasteiger partial charge on any atom is -0.313 e. The molecule has 0 amide bonds. The lowest BCUT2D eigenvalue weighted by Gasteiger charge is -2.20. The van der Waals surface area contributed by atoms with Gasteiger partial charge in [-0.15, -0.1) is 0 Å². The van der Waals surface area contributed by atoms with Gasteiger partial charge in [0.2, 0.25) is 10.0 Å². The smallest absolute Gasteiger partial charge is 0.240 e. The average molecular weight is 333 g/mol. The van der Waals surface area contributed by atoms with E-state index in [0.717, 1.165) is 18.5 Å². The van der Waals surface area contributed by atoms with Crippen molar-refractivity contribution in [3.8, 4) is 0 Å². The third-order valence-electron chi connectivity index (χ3n) is 3.45. The first kappa shape index (κ1) is 18.4. The number of halogens is 1. The Morgan fingerprint density at radius 3 is 2.38 bits per heavy atom. The zero-order valence-corrected chi connectivity index (χ0v) is 14.7. The summed E-state index contributed by atoms with van der Waals surface area (Å²) in [6.45, 7) is 9.46. The number of benzene rings is 1. The van der Waals surface area contributed by atoms with E-state index in [2.05, 4.69) is 10.0 Å². The van der Waals surface area contributed by atoms with Crippen molar-refractivity contribution in [2.45, 2.75) is 51.6 Å². The van der Waals surface area contributed by atoms with Gasteiger partial charge in [-0.2, -0.15) is 0 Å². The predicted octanol–water partition coefficient (Wildman–Crippen LogP) is 3.16. The van der Waals surface area contributed by atoms with Crippen LogP contribution in [0.15, 0.2) is 23.1 Å². The Kier molecular flexibility index (Phi) is 7.13. The number of sulfonamides is 1. The molecular weight excluding hydrogens is 308 g/mol. The van der Waals surface area contributed by atoms with Gasteiger partial charge < -0.3 is 5.32 Å². The van der Waals surface area contributed by atoms with Crippen LogP contribution in [-0.4, -0.2) is 21.0 Å². The molecule has 0 spiro atoms. The molecule has 2 N–H and O–H groups in total. The summed E-state index contributed by atoms with van der Waals surface area (Å²) in [5.74, 6) is 0.244.